The van der Waals surface area contributed by atoms with Crippen molar-refractivity contribution in [1.29, 1.82) is 0 Å². The van der Waals surface area contributed by atoms with Crippen LogP contribution in [0.3, 0.4) is 0 Å². The first-order chi connectivity index (χ1) is 6.19. The Morgan fingerprint density at radius 1 is 1.29 bits per heavy atom. The molecule has 0 radical (unpaired) electrons. The molecule has 0 aromatic heterocycles. The van der Waals surface area contributed by atoms with Crippen LogP contribution < -0.4 is 0 Å². The third-order valence-corrected chi connectivity index (χ3v) is 4.19. The van der Waals surface area contributed by atoms with Crippen molar-refractivity contribution in [3.63, 3.8) is 0 Å². The van der Waals surface area contributed by atoms with E-state index in [9.17, 15) is 8.42 Å². The summed E-state index contributed by atoms with van der Waals surface area (Å²) >= 11 is 3.23. The van der Waals surface area contributed by atoms with E-state index >= 15 is 0 Å². The summed E-state index contributed by atoms with van der Waals surface area (Å²) in [5, 5.41) is 0.679. The van der Waals surface area contributed by atoms with Crippen molar-refractivity contribution in [2.24, 2.45) is 5.41 Å². The number of hydrogen-bond acceptors (Lipinski definition) is 2. The molecule has 0 fully saturated rings. The minimum absolute atomic E-state index is 0.0717. The van der Waals surface area contributed by atoms with Gasteiger partial charge in [0.2, 0.25) is 10.0 Å². The Labute approximate surface area is 96.0 Å². The maximum absolute atomic E-state index is 11.7. The zero-order chi connectivity index (χ0) is 11.4. The van der Waals surface area contributed by atoms with Crippen LogP contribution in [0.4, 0.5) is 0 Å². The number of rotatable bonds is 5. The lowest BCUT2D eigenvalue weighted by Gasteiger charge is -2.21. The molecule has 0 saturated carbocycles. The van der Waals surface area contributed by atoms with E-state index in [1.807, 2.05) is 20.8 Å². The average Bonchev–Trinajstić information content (AvgIpc) is 2.00. The van der Waals surface area contributed by atoms with Gasteiger partial charge in [-0.2, -0.15) is 0 Å². The summed E-state index contributed by atoms with van der Waals surface area (Å²) in [6.45, 7) is 6.68. The fraction of sp³-hybridized carbons (Fsp3) is 1.00. The van der Waals surface area contributed by atoms with E-state index in [0.29, 0.717) is 18.3 Å². The second kappa shape index (κ2) is 5.47. The highest BCUT2D eigenvalue weighted by molar-refractivity contribution is 9.09. The molecule has 0 unspecified atom stereocenters. The lowest BCUT2D eigenvalue weighted by Crippen LogP contribution is -2.32. The standard InChI is InChI=1S/C9H20BrNO2S/c1-9(2,3)5-8-14(12,13)11(4)7-6-10/h5-8H2,1-4H3. The molecule has 0 aliphatic carbocycles. The van der Waals surface area contributed by atoms with Crippen LogP contribution in [0, 0.1) is 5.41 Å². The highest BCUT2D eigenvalue weighted by Gasteiger charge is 2.20. The normalized spacial score (nSPS) is 13.6. The van der Waals surface area contributed by atoms with Gasteiger partial charge in [-0.05, 0) is 11.8 Å². The highest BCUT2D eigenvalue weighted by atomic mass is 79.9. The molecule has 3 nitrogen and oxygen atoms in total. The molecule has 0 aliphatic heterocycles. The van der Waals surface area contributed by atoms with E-state index in [0.717, 1.165) is 0 Å². The Bertz CT molecular complexity index is 256. The fourth-order valence-corrected chi connectivity index (χ4v) is 3.17. The smallest absolute Gasteiger partial charge is 0.212 e. The molecule has 86 valence electrons. The van der Waals surface area contributed by atoms with E-state index in [2.05, 4.69) is 15.9 Å². The van der Waals surface area contributed by atoms with Gasteiger partial charge in [0.05, 0.1) is 5.75 Å². The second-order valence-corrected chi connectivity index (χ2v) is 7.63. The minimum Gasteiger partial charge on any atom is -0.212 e. The third kappa shape index (κ3) is 5.98. The molecule has 0 amide bonds. The molecule has 0 spiro atoms. The van der Waals surface area contributed by atoms with Gasteiger partial charge in [-0.1, -0.05) is 36.7 Å². The van der Waals surface area contributed by atoms with Crippen molar-refractivity contribution in [3.05, 3.63) is 0 Å². The summed E-state index contributed by atoms with van der Waals surface area (Å²) < 4.78 is 24.8. The van der Waals surface area contributed by atoms with Gasteiger partial charge >= 0.3 is 0 Å². The largest absolute Gasteiger partial charge is 0.213 e. The predicted octanol–water partition coefficient (Wildman–Crippen LogP) is 2.08. The Hall–Kier alpha value is 0.390. The van der Waals surface area contributed by atoms with E-state index in [4.69, 9.17) is 0 Å². The number of hydrogen-bond donors (Lipinski definition) is 0. The van der Waals surface area contributed by atoms with Crippen LogP contribution in [0.25, 0.3) is 0 Å². The molecule has 0 bridgehead atoms. The number of alkyl halides is 1. The molecule has 0 aromatic carbocycles. The summed E-state index contributed by atoms with van der Waals surface area (Å²) in [6.07, 6.45) is 0.696. The topological polar surface area (TPSA) is 37.4 Å². The average molecular weight is 286 g/mol. The summed E-state index contributed by atoms with van der Waals surface area (Å²) in [5.41, 5.74) is 0.0717. The van der Waals surface area contributed by atoms with Gasteiger partial charge in [0.1, 0.15) is 0 Å². The Morgan fingerprint density at radius 2 is 1.79 bits per heavy atom. The number of nitrogens with zero attached hydrogens (tertiary/aromatic N) is 1. The summed E-state index contributed by atoms with van der Waals surface area (Å²) in [7, 11) is -1.43. The quantitative estimate of drug-likeness (QED) is 0.726. The molecule has 0 aromatic rings. The van der Waals surface area contributed by atoms with Crippen LogP contribution in [0.2, 0.25) is 0 Å². The molecule has 0 aliphatic rings. The van der Waals surface area contributed by atoms with Crippen LogP contribution in [0.15, 0.2) is 0 Å². The highest BCUT2D eigenvalue weighted by Crippen LogP contribution is 2.19. The van der Waals surface area contributed by atoms with Crippen LogP contribution in [-0.4, -0.2) is 37.4 Å². The van der Waals surface area contributed by atoms with Gasteiger partial charge in [0.25, 0.3) is 0 Å². The molecule has 0 rings (SSSR count). The zero-order valence-corrected chi connectivity index (χ0v) is 11.8. The summed E-state index contributed by atoms with van der Waals surface area (Å²) in [4.78, 5) is 0. The van der Waals surface area contributed by atoms with Gasteiger partial charge in [-0.3, -0.25) is 0 Å². The van der Waals surface area contributed by atoms with Gasteiger partial charge in [0.15, 0.2) is 0 Å². The van der Waals surface area contributed by atoms with Crippen molar-refractivity contribution < 1.29 is 8.42 Å². The summed E-state index contributed by atoms with van der Waals surface area (Å²) in [5.74, 6) is 0.236. The van der Waals surface area contributed by atoms with Crippen molar-refractivity contribution in [2.45, 2.75) is 27.2 Å². The van der Waals surface area contributed by atoms with Crippen molar-refractivity contribution in [1.82, 2.24) is 4.31 Å². The molecular formula is C9H20BrNO2S. The molecule has 0 atom stereocenters. The number of sulfonamides is 1. The first-order valence-corrected chi connectivity index (χ1v) is 7.42. The van der Waals surface area contributed by atoms with Gasteiger partial charge in [-0.25, -0.2) is 12.7 Å². The maximum Gasteiger partial charge on any atom is 0.213 e. The first kappa shape index (κ1) is 14.4. The van der Waals surface area contributed by atoms with Gasteiger partial charge < -0.3 is 0 Å². The lowest BCUT2D eigenvalue weighted by atomic mass is 9.94. The SMILES string of the molecule is CN(CCBr)S(=O)(=O)CCC(C)(C)C. The molecular weight excluding hydrogens is 266 g/mol. The molecule has 0 N–H and O–H groups in total. The summed E-state index contributed by atoms with van der Waals surface area (Å²) in [6, 6.07) is 0. The molecule has 5 heteroatoms. The Balaban J connectivity index is 4.22. The molecule has 14 heavy (non-hydrogen) atoms. The van der Waals surface area contributed by atoms with E-state index in [1.165, 1.54) is 4.31 Å². The van der Waals surface area contributed by atoms with E-state index in [-0.39, 0.29) is 11.2 Å². The molecule has 0 heterocycles. The third-order valence-electron chi connectivity index (χ3n) is 1.98. The Morgan fingerprint density at radius 3 is 2.14 bits per heavy atom. The maximum atomic E-state index is 11.7. The van der Waals surface area contributed by atoms with E-state index in [1.54, 1.807) is 7.05 Å². The number of halogens is 1. The van der Waals surface area contributed by atoms with Crippen LogP contribution >= 0.6 is 15.9 Å². The van der Waals surface area contributed by atoms with Crippen molar-refractivity contribution >= 4 is 26.0 Å². The van der Waals surface area contributed by atoms with Crippen molar-refractivity contribution in [2.75, 3.05) is 24.7 Å². The fourth-order valence-electron chi connectivity index (χ4n) is 0.849. The molecule has 0 saturated heterocycles. The van der Waals surface area contributed by atoms with Gasteiger partial charge in [-0.15, -0.1) is 0 Å². The van der Waals surface area contributed by atoms with E-state index < -0.39 is 10.0 Å². The van der Waals surface area contributed by atoms with Crippen LogP contribution in [0.5, 0.6) is 0 Å². The first-order valence-electron chi connectivity index (χ1n) is 4.69. The Kier molecular flexibility index (Phi) is 5.62. The lowest BCUT2D eigenvalue weighted by molar-refractivity contribution is 0.390. The minimum atomic E-state index is -3.05. The van der Waals surface area contributed by atoms with Gasteiger partial charge in [0, 0.05) is 18.9 Å². The predicted molar refractivity (Wildman–Crippen MR) is 64.3 cm³/mol. The monoisotopic (exact) mass is 285 g/mol. The van der Waals surface area contributed by atoms with Crippen molar-refractivity contribution in [3.8, 4) is 0 Å². The van der Waals surface area contributed by atoms with Crippen LogP contribution in [-0.2, 0) is 10.0 Å². The second-order valence-electron chi connectivity index (χ2n) is 4.64. The van der Waals surface area contributed by atoms with Crippen LogP contribution in [0.1, 0.15) is 27.2 Å². The zero-order valence-electron chi connectivity index (χ0n) is 9.38.